The topological polar surface area (TPSA) is 197 Å². The van der Waals surface area contributed by atoms with E-state index >= 15 is 0 Å². The van der Waals surface area contributed by atoms with Gasteiger partial charge in [-0.2, -0.15) is 15.0 Å². The Morgan fingerprint density at radius 2 is 1.39 bits per heavy atom. The molecule has 2 heterocycles. The number of benzene rings is 1. The van der Waals surface area contributed by atoms with Crippen molar-refractivity contribution in [2.75, 3.05) is 17.2 Å². The number of nitrogen functional groups attached to an aromatic ring is 3. The molecule has 0 saturated heterocycles. The molecule has 11 heteroatoms. The van der Waals surface area contributed by atoms with Crippen LogP contribution in [-0.2, 0) is 4.74 Å². The number of carboxylic acid groups (broad SMARTS) is 1. The number of carbonyl (C=O) groups excluding carboxylic acids is 2. The molecule has 1 aromatic heterocycles. The van der Waals surface area contributed by atoms with Crippen molar-refractivity contribution in [2.45, 2.75) is 0 Å². The maximum atomic E-state index is 11.0. The summed E-state index contributed by atoms with van der Waals surface area (Å²) in [6.07, 6.45) is 0. The Hall–Kier alpha value is -3.76. The number of nitrogens with zero attached hydrogens (tertiary/aromatic N) is 3. The molecule has 3 rings (SSSR count). The molecule has 1 aliphatic rings. The summed E-state index contributed by atoms with van der Waals surface area (Å²) in [6.45, 7) is 0. The first-order chi connectivity index (χ1) is 10.8. The Labute approximate surface area is 128 Å². The first kappa shape index (κ1) is 15.6. The number of hydrogen-bond donors (Lipinski definition) is 4. The molecule has 1 aromatic carbocycles. The van der Waals surface area contributed by atoms with Crippen molar-refractivity contribution in [3.05, 3.63) is 34.9 Å². The Bertz CT molecular complexity index is 771. The van der Waals surface area contributed by atoms with Crippen LogP contribution in [0, 0.1) is 0 Å². The van der Waals surface area contributed by atoms with Gasteiger partial charge in [-0.15, -0.1) is 0 Å². The summed E-state index contributed by atoms with van der Waals surface area (Å²) in [5.74, 6) is -2.56. The van der Waals surface area contributed by atoms with E-state index in [1.54, 1.807) is 0 Å². The fourth-order valence-corrected chi connectivity index (χ4v) is 1.65. The minimum atomic E-state index is -1.15. The van der Waals surface area contributed by atoms with Crippen molar-refractivity contribution in [1.29, 1.82) is 0 Å². The summed E-state index contributed by atoms with van der Waals surface area (Å²) < 4.78 is 4.30. The van der Waals surface area contributed by atoms with E-state index in [1.807, 2.05) is 0 Å². The molecule has 2 aromatic rings. The monoisotopic (exact) mass is 318 g/mol. The van der Waals surface area contributed by atoms with Crippen LogP contribution >= 0.6 is 0 Å². The first-order valence-electron chi connectivity index (χ1n) is 5.94. The van der Waals surface area contributed by atoms with Gasteiger partial charge in [0.2, 0.25) is 17.8 Å². The van der Waals surface area contributed by atoms with Crippen LogP contribution in [0.25, 0.3) is 0 Å². The molecular formula is C12H10N6O5. The predicted molar refractivity (Wildman–Crippen MR) is 76.2 cm³/mol. The normalized spacial score (nSPS) is 12.0. The first-order valence-corrected chi connectivity index (χ1v) is 5.94. The molecule has 0 saturated carbocycles. The molecule has 0 aliphatic carbocycles. The number of carboxylic acids is 1. The van der Waals surface area contributed by atoms with Gasteiger partial charge in [0.25, 0.3) is 0 Å². The summed E-state index contributed by atoms with van der Waals surface area (Å²) >= 11 is 0. The molecule has 0 amide bonds. The van der Waals surface area contributed by atoms with Crippen molar-refractivity contribution in [3.8, 4) is 0 Å². The van der Waals surface area contributed by atoms with Gasteiger partial charge in [0.05, 0.1) is 16.7 Å². The molecule has 0 unspecified atom stereocenters. The maximum Gasteiger partial charge on any atom is 0.346 e. The van der Waals surface area contributed by atoms with Crippen LogP contribution in [0.1, 0.15) is 31.1 Å². The van der Waals surface area contributed by atoms with E-state index in [-0.39, 0.29) is 34.5 Å². The highest BCUT2D eigenvalue weighted by molar-refractivity contribution is 6.15. The standard InChI is InChI=1S/C9H4O5.C3H6N6/c10-7(11)4-1-2-5-6(3-4)9(13)14-8(5)12;4-1-7-2(5)9-3(6)8-1/h1-3H,(H,10,11);(H6,4,5,6,7,8,9). The van der Waals surface area contributed by atoms with E-state index in [0.717, 1.165) is 6.07 Å². The summed E-state index contributed by atoms with van der Waals surface area (Å²) in [5.41, 5.74) is 15.5. The average molecular weight is 318 g/mol. The van der Waals surface area contributed by atoms with Crippen LogP contribution in [0.2, 0.25) is 0 Å². The third-order valence-electron chi connectivity index (χ3n) is 2.58. The largest absolute Gasteiger partial charge is 0.478 e. The van der Waals surface area contributed by atoms with Gasteiger partial charge >= 0.3 is 17.9 Å². The number of nitrogens with two attached hydrogens (primary N) is 3. The van der Waals surface area contributed by atoms with Gasteiger partial charge in [-0.05, 0) is 18.2 Å². The van der Waals surface area contributed by atoms with E-state index in [9.17, 15) is 14.4 Å². The highest BCUT2D eigenvalue weighted by Gasteiger charge is 2.30. The fraction of sp³-hybridized carbons (Fsp3) is 0. The van der Waals surface area contributed by atoms with E-state index in [0.29, 0.717) is 0 Å². The second-order valence-electron chi connectivity index (χ2n) is 4.15. The molecule has 0 radical (unpaired) electrons. The van der Waals surface area contributed by atoms with E-state index in [1.165, 1.54) is 12.1 Å². The Balaban J connectivity index is 0.000000185. The van der Waals surface area contributed by atoms with Gasteiger partial charge in [-0.3, -0.25) is 0 Å². The van der Waals surface area contributed by atoms with Crippen LogP contribution in [0.4, 0.5) is 17.8 Å². The number of esters is 2. The average Bonchev–Trinajstić information content (AvgIpc) is 2.72. The highest BCUT2D eigenvalue weighted by atomic mass is 16.6. The zero-order valence-electron chi connectivity index (χ0n) is 11.4. The Morgan fingerprint density at radius 1 is 0.913 bits per heavy atom. The SMILES string of the molecule is Nc1nc(N)nc(N)n1.O=C(O)c1ccc2c(c1)C(=O)OC2=O. The van der Waals surface area contributed by atoms with Crippen molar-refractivity contribution in [2.24, 2.45) is 0 Å². The second kappa shape index (κ2) is 5.93. The quantitative estimate of drug-likeness (QED) is 0.383. The fourth-order valence-electron chi connectivity index (χ4n) is 1.65. The molecule has 0 bridgehead atoms. The number of carbonyl (C=O) groups is 3. The number of ether oxygens (including phenoxy) is 1. The van der Waals surface area contributed by atoms with Crippen LogP contribution in [0.5, 0.6) is 0 Å². The zero-order chi connectivity index (χ0) is 17.1. The number of aromatic nitrogens is 3. The number of rotatable bonds is 1. The van der Waals surface area contributed by atoms with Crippen molar-refractivity contribution < 1.29 is 24.2 Å². The number of hydrogen-bond acceptors (Lipinski definition) is 10. The molecule has 118 valence electrons. The maximum absolute atomic E-state index is 11.0. The molecular weight excluding hydrogens is 308 g/mol. The van der Waals surface area contributed by atoms with Gasteiger partial charge in [0, 0.05) is 0 Å². The van der Waals surface area contributed by atoms with Gasteiger partial charge < -0.3 is 27.0 Å². The Morgan fingerprint density at radius 3 is 1.87 bits per heavy atom. The molecule has 11 nitrogen and oxygen atoms in total. The van der Waals surface area contributed by atoms with Gasteiger partial charge in [0.1, 0.15) is 0 Å². The molecule has 1 aliphatic heterocycles. The number of anilines is 3. The van der Waals surface area contributed by atoms with Crippen molar-refractivity contribution in [1.82, 2.24) is 15.0 Å². The van der Waals surface area contributed by atoms with Crippen molar-refractivity contribution >= 4 is 35.8 Å². The zero-order valence-corrected chi connectivity index (χ0v) is 11.4. The van der Waals surface area contributed by atoms with Crippen LogP contribution in [0.15, 0.2) is 18.2 Å². The second-order valence-corrected chi connectivity index (χ2v) is 4.15. The lowest BCUT2D eigenvalue weighted by atomic mass is 10.1. The van der Waals surface area contributed by atoms with E-state index in [4.69, 9.17) is 22.3 Å². The summed E-state index contributed by atoms with van der Waals surface area (Å²) in [4.78, 5) is 43.0. The lowest BCUT2D eigenvalue weighted by Crippen LogP contribution is -2.05. The summed E-state index contributed by atoms with van der Waals surface area (Å²) in [5, 5.41) is 8.63. The van der Waals surface area contributed by atoms with Gasteiger partial charge in [-0.1, -0.05) is 0 Å². The van der Waals surface area contributed by atoms with Gasteiger partial charge in [0.15, 0.2) is 0 Å². The van der Waals surface area contributed by atoms with E-state index in [2.05, 4.69) is 19.7 Å². The molecule has 0 atom stereocenters. The smallest absolute Gasteiger partial charge is 0.346 e. The molecule has 7 N–H and O–H groups in total. The molecule has 0 fully saturated rings. The number of fused-ring (bicyclic) bond motifs is 1. The van der Waals surface area contributed by atoms with Crippen LogP contribution < -0.4 is 17.2 Å². The minimum Gasteiger partial charge on any atom is -0.478 e. The van der Waals surface area contributed by atoms with Crippen LogP contribution in [0.3, 0.4) is 0 Å². The molecule has 0 spiro atoms. The van der Waals surface area contributed by atoms with E-state index < -0.39 is 17.9 Å². The lowest BCUT2D eigenvalue weighted by molar-refractivity contribution is 0.0443. The lowest BCUT2D eigenvalue weighted by Gasteiger charge is -1.94. The number of cyclic esters (lactones) is 2. The van der Waals surface area contributed by atoms with Crippen LogP contribution in [-0.4, -0.2) is 38.0 Å². The third-order valence-corrected chi connectivity index (χ3v) is 2.58. The van der Waals surface area contributed by atoms with Gasteiger partial charge in [-0.25, -0.2) is 14.4 Å². The Kier molecular flexibility index (Phi) is 4.03. The summed E-state index contributed by atoms with van der Waals surface area (Å²) in [7, 11) is 0. The number of aromatic carboxylic acids is 1. The van der Waals surface area contributed by atoms with Crippen molar-refractivity contribution in [3.63, 3.8) is 0 Å². The third kappa shape index (κ3) is 3.47. The predicted octanol–water partition coefficient (Wildman–Crippen LogP) is -0.686. The minimum absolute atomic E-state index is 0.00917. The molecule has 23 heavy (non-hydrogen) atoms. The summed E-state index contributed by atoms with van der Waals surface area (Å²) in [6, 6.07) is 3.65. The highest BCUT2D eigenvalue weighted by Crippen LogP contribution is 2.20.